The third kappa shape index (κ3) is 3.45. The van der Waals surface area contributed by atoms with Crippen LogP contribution in [0.15, 0.2) is 36.4 Å². The highest BCUT2D eigenvalue weighted by atomic mass is 32.1. The Balaban J connectivity index is 2.12. The number of carboxylic acid groups (broad SMARTS) is 1. The summed E-state index contributed by atoms with van der Waals surface area (Å²) < 4.78 is 13.5. The van der Waals surface area contributed by atoms with Gasteiger partial charge in [0, 0.05) is 17.7 Å². The molecule has 0 spiro atoms. The summed E-state index contributed by atoms with van der Waals surface area (Å²) in [6, 6.07) is 6.06. The van der Waals surface area contributed by atoms with Gasteiger partial charge in [0.05, 0.1) is 0 Å². The molecule has 0 aliphatic rings. The summed E-state index contributed by atoms with van der Waals surface area (Å²) in [6.45, 7) is 0. The van der Waals surface area contributed by atoms with Gasteiger partial charge in [-0.05, 0) is 12.1 Å². The van der Waals surface area contributed by atoms with Crippen molar-refractivity contribution in [3.63, 3.8) is 0 Å². The number of carbonyl (C=O) groups is 2. The number of hydrogen-bond donors (Lipinski definition) is 2. The molecular weight excluding hydrogens is 285 g/mol. The van der Waals surface area contributed by atoms with Gasteiger partial charge in [-0.3, -0.25) is 10.1 Å². The third-order valence-corrected chi connectivity index (χ3v) is 3.01. The van der Waals surface area contributed by atoms with E-state index in [-0.39, 0.29) is 10.7 Å². The third-order valence-electron chi connectivity index (χ3n) is 2.14. The maximum atomic E-state index is 13.5. The number of nitrogens with one attached hydrogen (secondary N) is 1. The molecule has 1 aromatic carbocycles. The SMILES string of the molecule is O=C(O)/C=C/C(=O)Nc1nnc(-c2ccccc2F)s1. The van der Waals surface area contributed by atoms with Gasteiger partial charge >= 0.3 is 5.97 Å². The van der Waals surface area contributed by atoms with Gasteiger partial charge < -0.3 is 5.11 Å². The first-order chi connectivity index (χ1) is 9.56. The smallest absolute Gasteiger partial charge is 0.328 e. The molecule has 2 rings (SSSR count). The molecule has 6 nitrogen and oxygen atoms in total. The topological polar surface area (TPSA) is 92.2 Å². The number of nitrogens with zero attached hydrogens (tertiary/aromatic N) is 2. The van der Waals surface area contributed by atoms with Gasteiger partial charge in [-0.2, -0.15) is 0 Å². The number of anilines is 1. The zero-order valence-corrected chi connectivity index (χ0v) is 10.7. The van der Waals surface area contributed by atoms with Crippen LogP contribution < -0.4 is 5.32 Å². The van der Waals surface area contributed by atoms with E-state index in [4.69, 9.17) is 5.11 Å². The lowest BCUT2D eigenvalue weighted by molar-refractivity contribution is -0.131. The summed E-state index contributed by atoms with van der Waals surface area (Å²) in [4.78, 5) is 21.6. The molecule has 0 fully saturated rings. The van der Waals surface area contributed by atoms with E-state index in [1.54, 1.807) is 18.2 Å². The Hall–Kier alpha value is -2.61. The molecule has 2 N–H and O–H groups in total. The number of aliphatic carboxylic acids is 1. The van der Waals surface area contributed by atoms with Crippen LogP contribution in [0.5, 0.6) is 0 Å². The summed E-state index contributed by atoms with van der Waals surface area (Å²) in [5, 5.41) is 18.7. The quantitative estimate of drug-likeness (QED) is 0.840. The minimum atomic E-state index is -1.23. The largest absolute Gasteiger partial charge is 0.478 e. The van der Waals surface area contributed by atoms with Crippen LogP contribution in [0.25, 0.3) is 10.6 Å². The molecule has 0 saturated carbocycles. The first-order valence-electron chi connectivity index (χ1n) is 5.36. The minimum Gasteiger partial charge on any atom is -0.478 e. The van der Waals surface area contributed by atoms with Crippen molar-refractivity contribution >= 4 is 28.3 Å². The summed E-state index contributed by atoms with van der Waals surface area (Å²) in [6.07, 6.45) is 1.56. The lowest BCUT2D eigenvalue weighted by Gasteiger charge is -1.96. The Labute approximate surface area is 116 Å². The molecule has 0 aliphatic carbocycles. The fourth-order valence-electron chi connectivity index (χ4n) is 1.31. The van der Waals surface area contributed by atoms with E-state index in [1.165, 1.54) is 6.07 Å². The van der Waals surface area contributed by atoms with Gasteiger partial charge in [0.2, 0.25) is 11.0 Å². The number of benzene rings is 1. The van der Waals surface area contributed by atoms with E-state index in [9.17, 15) is 14.0 Å². The first-order valence-corrected chi connectivity index (χ1v) is 6.18. The van der Waals surface area contributed by atoms with Crippen molar-refractivity contribution in [2.75, 3.05) is 5.32 Å². The van der Waals surface area contributed by atoms with Gasteiger partial charge in [0.1, 0.15) is 5.82 Å². The normalized spacial score (nSPS) is 10.7. The Kier molecular flexibility index (Phi) is 4.16. The Morgan fingerprint density at radius 2 is 2.00 bits per heavy atom. The van der Waals surface area contributed by atoms with Gasteiger partial charge in [0.25, 0.3) is 0 Å². The highest BCUT2D eigenvalue weighted by molar-refractivity contribution is 7.18. The second kappa shape index (κ2) is 6.02. The van der Waals surface area contributed by atoms with E-state index in [2.05, 4.69) is 15.5 Å². The average molecular weight is 293 g/mol. The minimum absolute atomic E-state index is 0.156. The van der Waals surface area contributed by atoms with Crippen LogP contribution in [0.3, 0.4) is 0 Å². The standard InChI is InChI=1S/C12H8FN3O3S/c13-8-4-2-1-3-7(8)11-15-16-12(20-11)14-9(17)5-6-10(18)19/h1-6H,(H,18,19)(H,14,16,17)/b6-5+. The summed E-state index contributed by atoms with van der Waals surface area (Å²) in [5.74, 6) is -2.32. The Morgan fingerprint density at radius 3 is 2.70 bits per heavy atom. The number of carboxylic acids is 1. The molecule has 8 heteroatoms. The molecule has 1 aromatic heterocycles. The second-order valence-electron chi connectivity index (χ2n) is 3.55. The number of halogens is 1. The van der Waals surface area contributed by atoms with Crippen LogP contribution in [0.4, 0.5) is 9.52 Å². The molecule has 2 aromatic rings. The highest BCUT2D eigenvalue weighted by Gasteiger charge is 2.11. The van der Waals surface area contributed by atoms with Crippen LogP contribution in [-0.4, -0.2) is 27.2 Å². The van der Waals surface area contributed by atoms with Gasteiger partial charge in [-0.15, -0.1) is 10.2 Å². The van der Waals surface area contributed by atoms with Crippen molar-refractivity contribution < 1.29 is 19.1 Å². The van der Waals surface area contributed by atoms with Crippen molar-refractivity contribution in [1.29, 1.82) is 0 Å². The highest BCUT2D eigenvalue weighted by Crippen LogP contribution is 2.28. The molecule has 0 radical (unpaired) electrons. The van der Waals surface area contributed by atoms with E-state index in [1.807, 2.05) is 0 Å². The van der Waals surface area contributed by atoms with Crippen molar-refractivity contribution in [3.05, 3.63) is 42.2 Å². The lowest BCUT2D eigenvalue weighted by atomic mass is 10.2. The molecule has 0 unspecified atom stereocenters. The summed E-state index contributed by atoms with van der Waals surface area (Å²) >= 11 is 0.987. The van der Waals surface area contributed by atoms with Crippen molar-refractivity contribution in [2.24, 2.45) is 0 Å². The summed E-state index contributed by atoms with van der Waals surface area (Å²) in [5.41, 5.74) is 0.284. The van der Waals surface area contributed by atoms with Crippen LogP contribution >= 0.6 is 11.3 Å². The molecule has 102 valence electrons. The summed E-state index contributed by atoms with van der Waals surface area (Å²) in [7, 11) is 0. The molecule has 0 bridgehead atoms. The Bertz CT molecular complexity index is 684. The van der Waals surface area contributed by atoms with Crippen molar-refractivity contribution in [2.45, 2.75) is 0 Å². The van der Waals surface area contributed by atoms with Gasteiger partial charge in [-0.25, -0.2) is 9.18 Å². The number of amides is 1. The zero-order chi connectivity index (χ0) is 14.5. The Morgan fingerprint density at radius 1 is 1.25 bits per heavy atom. The van der Waals surface area contributed by atoms with E-state index in [0.29, 0.717) is 11.1 Å². The first kappa shape index (κ1) is 13.8. The molecule has 1 amide bonds. The molecular formula is C12H8FN3O3S. The van der Waals surface area contributed by atoms with Crippen LogP contribution in [0.1, 0.15) is 0 Å². The zero-order valence-electron chi connectivity index (χ0n) is 9.91. The predicted molar refractivity (Wildman–Crippen MR) is 70.7 cm³/mol. The number of aromatic nitrogens is 2. The van der Waals surface area contributed by atoms with Crippen LogP contribution in [0.2, 0.25) is 0 Å². The second-order valence-corrected chi connectivity index (χ2v) is 4.53. The number of hydrogen-bond acceptors (Lipinski definition) is 5. The van der Waals surface area contributed by atoms with Crippen molar-refractivity contribution in [1.82, 2.24) is 10.2 Å². The van der Waals surface area contributed by atoms with Crippen LogP contribution in [-0.2, 0) is 9.59 Å². The number of rotatable bonds is 4. The van der Waals surface area contributed by atoms with Gasteiger partial charge in [-0.1, -0.05) is 23.5 Å². The van der Waals surface area contributed by atoms with E-state index < -0.39 is 17.7 Å². The van der Waals surface area contributed by atoms with Crippen molar-refractivity contribution in [3.8, 4) is 10.6 Å². The average Bonchev–Trinajstić information content (AvgIpc) is 2.85. The lowest BCUT2D eigenvalue weighted by Crippen LogP contribution is -2.08. The van der Waals surface area contributed by atoms with E-state index >= 15 is 0 Å². The molecule has 0 aliphatic heterocycles. The monoisotopic (exact) mass is 293 g/mol. The predicted octanol–water partition coefficient (Wildman–Crippen LogP) is 1.92. The fraction of sp³-hybridized carbons (Fsp3) is 0. The fourth-order valence-corrected chi connectivity index (χ4v) is 2.08. The molecule has 0 atom stereocenters. The van der Waals surface area contributed by atoms with E-state index in [0.717, 1.165) is 17.4 Å². The molecule has 1 heterocycles. The molecule has 0 saturated heterocycles. The maximum Gasteiger partial charge on any atom is 0.328 e. The van der Waals surface area contributed by atoms with Gasteiger partial charge in [0.15, 0.2) is 5.01 Å². The number of carbonyl (C=O) groups excluding carboxylic acids is 1. The molecule has 20 heavy (non-hydrogen) atoms. The maximum absolute atomic E-state index is 13.5. The van der Waals surface area contributed by atoms with Crippen LogP contribution in [0, 0.1) is 5.82 Å².